The first-order valence-electron chi connectivity index (χ1n) is 3.01. The Kier molecular flexibility index (Phi) is 4.29. The van der Waals surface area contributed by atoms with Crippen LogP contribution in [0.1, 0.15) is 27.2 Å². The molecule has 1 rings (SSSR count). The maximum atomic E-state index is 5.31. The normalized spacial score (nSPS) is 33.0. The van der Waals surface area contributed by atoms with Gasteiger partial charge >= 0.3 is 0 Å². The first-order chi connectivity index (χ1) is 3.72. The molecule has 0 saturated carbocycles. The lowest BCUT2D eigenvalue weighted by atomic mass is 10.6. The first-order valence-corrected chi connectivity index (χ1v) is 3.45. The van der Waals surface area contributed by atoms with Crippen molar-refractivity contribution < 1.29 is 4.74 Å². The fourth-order valence-corrected chi connectivity index (χ4v) is 0.322. The van der Waals surface area contributed by atoms with Crippen molar-refractivity contribution in [3.05, 3.63) is 0 Å². The van der Waals surface area contributed by atoms with Crippen LogP contribution in [0.4, 0.5) is 0 Å². The maximum absolute atomic E-state index is 5.31. The van der Waals surface area contributed by atoms with Gasteiger partial charge < -0.3 is 4.74 Å². The van der Waals surface area contributed by atoms with E-state index in [4.69, 9.17) is 11.6 Å². The minimum absolute atomic E-state index is 0.0231. The van der Waals surface area contributed by atoms with Gasteiger partial charge in [0.15, 0.2) is 5.56 Å². The summed E-state index contributed by atoms with van der Waals surface area (Å²) >= 11 is 5.31. The molecule has 8 heavy (non-hydrogen) atoms. The zero-order valence-electron chi connectivity index (χ0n) is 5.65. The summed E-state index contributed by atoms with van der Waals surface area (Å²) in [6, 6.07) is 0. The van der Waals surface area contributed by atoms with Gasteiger partial charge in [-0.3, -0.25) is 0 Å². The van der Waals surface area contributed by atoms with Crippen LogP contribution in [0.3, 0.4) is 0 Å². The summed E-state index contributed by atoms with van der Waals surface area (Å²) in [7, 11) is 0. The van der Waals surface area contributed by atoms with Gasteiger partial charge in [-0.2, -0.15) is 0 Å². The molecule has 0 spiro atoms. The topological polar surface area (TPSA) is 12.5 Å². The Hall–Kier alpha value is 0.250. The Morgan fingerprint density at radius 3 is 1.62 bits per heavy atom. The van der Waals surface area contributed by atoms with Gasteiger partial charge in [-0.05, 0) is 6.92 Å². The average Bonchev–Trinajstić information content (AvgIpc) is 2.22. The molecule has 0 aromatic heterocycles. The third-order valence-corrected chi connectivity index (χ3v) is 1.09. The van der Waals surface area contributed by atoms with Crippen molar-refractivity contribution in [3.8, 4) is 0 Å². The second kappa shape index (κ2) is 4.16. The van der Waals surface area contributed by atoms with Crippen molar-refractivity contribution in [1.29, 1.82) is 0 Å². The summed E-state index contributed by atoms with van der Waals surface area (Å²) in [5, 5.41) is 0. The van der Waals surface area contributed by atoms with E-state index in [0.29, 0.717) is 6.10 Å². The average molecular weight is 137 g/mol. The van der Waals surface area contributed by atoms with E-state index >= 15 is 0 Å². The number of alkyl halides is 1. The highest BCUT2D eigenvalue weighted by Crippen LogP contribution is 2.23. The lowest BCUT2D eigenvalue weighted by Crippen LogP contribution is -1.69. The third kappa shape index (κ3) is 4.41. The van der Waals surface area contributed by atoms with E-state index in [1.165, 1.54) is 6.42 Å². The quantitative estimate of drug-likeness (QED) is 0.368. The SMILES string of the molecule is CC1OC1Cl.CCC. The highest BCUT2D eigenvalue weighted by atomic mass is 35.5. The van der Waals surface area contributed by atoms with Crippen molar-refractivity contribution in [2.75, 3.05) is 0 Å². The molecule has 2 heteroatoms. The van der Waals surface area contributed by atoms with Gasteiger partial charge in [-0.25, -0.2) is 0 Å². The van der Waals surface area contributed by atoms with E-state index in [1.54, 1.807) is 0 Å². The summed E-state index contributed by atoms with van der Waals surface area (Å²) in [5.74, 6) is 0. The molecule has 0 radical (unpaired) electrons. The molecule has 50 valence electrons. The van der Waals surface area contributed by atoms with Gasteiger partial charge in [0.2, 0.25) is 0 Å². The molecule has 0 aromatic carbocycles. The van der Waals surface area contributed by atoms with E-state index in [1.807, 2.05) is 6.92 Å². The molecule has 0 aliphatic carbocycles. The molecule has 1 nitrogen and oxygen atoms in total. The monoisotopic (exact) mass is 136 g/mol. The minimum Gasteiger partial charge on any atom is -0.353 e. The van der Waals surface area contributed by atoms with Crippen LogP contribution in [0.2, 0.25) is 0 Å². The molecular formula is C6H13ClO. The van der Waals surface area contributed by atoms with E-state index in [9.17, 15) is 0 Å². The fourth-order valence-electron chi connectivity index (χ4n) is 0.160. The molecule has 1 heterocycles. The minimum atomic E-state index is 0.0231. The van der Waals surface area contributed by atoms with Crippen LogP contribution in [-0.2, 0) is 4.74 Å². The summed E-state index contributed by atoms with van der Waals surface area (Å²) < 4.78 is 4.68. The van der Waals surface area contributed by atoms with Crippen molar-refractivity contribution in [1.82, 2.24) is 0 Å². The predicted octanol–water partition coefficient (Wildman–Crippen LogP) is 2.39. The largest absolute Gasteiger partial charge is 0.353 e. The first kappa shape index (κ1) is 8.25. The highest BCUT2D eigenvalue weighted by Gasteiger charge is 2.30. The van der Waals surface area contributed by atoms with Crippen molar-refractivity contribution in [3.63, 3.8) is 0 Å². The number of ether oxygens (including phenoxy) is 1. The van der Waals surface area contributed by atoms with E-state index in [0.717, 1.165) is 0 Å². The lowest BCUT2D eigenvalue weighted by Gasteiger charge is -1.55. The number of rotatable bonds is 0. The van der Waals surface area contributed by atoms with Crippen LogP contribution < -0.4 is 0 Å². The van der Waals surface area contributed by atoms with E-state index in [2.05, 4.69) is 18.6 Å². The summed E-state index contributed by atoms with van der Waals surface area (Å²) in [6.07, 6.45) is 1.57. The van der Waals surface area contributed by atoms with Gasteiger partial charge in [-0.1, -0.05) is 31.9 Å². The molecule has 2 atom stereocenters. The zero-order chi connectivity index (χ0) is 6.57. The molecule has 1 fully saturated rings. The predicted molar refractivity (Wildman–Crippen MR) is 36.2 cm³/mol. The standard InChI is InChI=1S/C3H5ClO.C3H8/c1-2-3(4)5-2;1-3-2/h2-3H,1H3;3H2,1-2H3. The van der Waals surface area contributed by atoms with Crippen molar-refractivity contribution in [2.24, 2.45) is 0 Å². The Bertz CT molecular complexity index is 50.5. The molecule has 2 unspecified atom stereocenters. The Morgan fingerprint density at radius 2 is 1.62 bits per heavy atom. The second-order valence-corrected chi connectivity index (χ2v) is 2.33. The zero-order valence-corrected chi connectivity index (χ0v) is 6.40. The van der Waals surface area contributed by atoms with Crippen LogP contribution in [-0.4, -0.2) is 11.7 Å². The van der Waals surface area contributed by atoms with E-state index in [-0.39, 0.29) is 5.56 Å². The summed E-state index contributed by atoms with van der Waals surface area (Å²) in [5.41, 5.74) is 0.0231. The molecule has 1 aliphatic rings. The van der Waals surface area contributed by atoms with Crippen LogP contribution in [0, 0.1) is 0 Å². The molecule has 0 bridgehead atoms. The number of hydrogen-bond donors (Lipinski definition) is 0. The van der Waals surface area contributed by atoms with Crippen molar-refractivity contribution in [2.45, 2.75) is 38.9 Å². The van der Waals surface area contributed by atoms with Gasteiger partial charge in [0.1, 0.15) is 0 Å². The van der Waals surface area contributed by atoms with E-state index < -0.39 is 0 Å². The van der Waals surface area contributed by atoms with Gasteiger partial charge in [-0.15, -0.1) is 0 Å². The van der Waals surface area contributed by atoms with Crippen LogP contribution in [0.5, 0.6) is 0 Å². The number of hydrogen-bond acceptors (Lipinski definition) is 1. The summed E-state index contributed by atoms with van der Waals surface area (Å²) in [6.45, 7) is 6.19. The smallest absolute Gasteiger partial charge is 0.157 e. The second-order valence-electron chi connectivity index (χ2n) is 1.90. The van der Waals surface area contributed by atoms with Gasteiger partial charge in [0.05, 0.1) is 6.10 Å². The molecule has 0 amide bonds. The molecular weight excluding hydrogens is 124 g/mol. The Morgan fingerprint density at radius 1 is 1.50 bits per heavy atom. The number of epoxide rings is 1. The van der Waals surface area contributed by atoms with Crippen LogP contribution in [0.25, 0.3) is 0 Å². The Balaban J connectivity index is 0.000000145. The fraction of sp³-hybridized carbons (Fsp3) is 1.00. The summed E-state index contributed by atoms with van der Waals surface area (Å²) in [4.78, 5) is 0. The van der Waals surface area contributed by atoms with Gasteiger partial charge in [0.25, 0.3) is 0 Å². The van der Waals surface area contributed by atoms with Gasteiger partial charge in [0, 0.05) is 0 Å². The molecule has 0 aromatic rings. The molecule has 1 aliphatic heterocycles. The van der Waals surface area contributed by atoms with Crippen LogP contribution in [0.15, 0.2) is 0 Å². The number of halogens is 1. The lowest BCUT2D eigenvalue weighted by molar-refractivity contribution is 0.411. The third-order valence-electron chi connectivity index (χ3n) is 0.637. The van der Waals surface area contributed by atoms with Crippen molar-refractivity contribution >= 4 is 11.6 Å². The molecule has 1 saturated heterocycles. The highest BCUT2D eigenvalue weighted by molar-refractivity contribution is 6.21. The van der Waals surface area contributed by atoms with Crippen LogP contribution >= 0.6 is 11.6 Å². The Labute approximate surface area is 56.0 Å². The maximum Gasteiger partial charge on any atom is 0.157 e. The molecule has 0 N–H and O–H groups in total.